The SMILES string of the molecule is CCCSc1ccc2nc(CN3CCN(C)CC3)[nH]c2c1. The molecule has 1 aliphatic heterocycles. The fourth-order valence-corrected chi connectivity index (χ4v) is 3.45. The number of nitrogens with one attached hydrogen (secondary N) is 1. The molecule has 2 aromatic rings. The minimum atomic E-state index is 0.931. The topological polar surface area (TPSA) is 35.2 Å². The number of piperazine rings is 1. The van der Waals surface area contributed by atoms with Crippen LogP contribution in [0.25, 0.3) is 11.0 Å². The lowest BCUT2D eigenvalue weighted by atomic mass is 10.3. The van der Waals surface area contributed by atoms with Crippen molar-refractivity contribution in [2.45, 2.75) is 24.8 Å². The Morgan fingerprint density at radius 3 is 2.81 bits per heavy atom. The number of hydrogen-bond donors (Lipinski definition) is 1. The number of thioether (sulfide) groups is 1. The van der Waals surface area contributed by atoms with Crippen molar-refractivity contribution in [3.05, 3.63) is 24.0 Å². The van der Waals surface area contributed by atoms with Crippen molar-refractivity contribution in [2.75, 3.05) is 39.0 Å². The van der Waals surface area contributed by atoms with Gasteiger partial charge in [-0.15, -0.1) is 11.8 Å². The molecule has 1 fully saturated rings. The Hall–Kier alpha value is -1.04. The van der Waals surface area contributed by atoms with Gasteiger partial charge in [0, 0.05) is 31.1 Å². The van der Waals surface area contributed by atoms with Crippen LogP contribution >= 0.6 is 11.8 Å². The quantitative estimate of drug-likeness (QED) is 0.862. The van der Waals surface area contributed by atoms with E-state index in [4.69, 9.17) is 4.98 Å². The molecule has 0 aliphatic carbocycles. The van der Waals surface area contributed by atoms with Crippen LogP contribution in [0, 0.1) is 0 Å². The third-order valence-corrected chi connectivity index (χ3v) is 5.14. The lowest BCUT2D eigenvalue weighted by molar-refractivity contribution is 0.146. The first kappa shape index (κ1) is 14.9. The Kier molecular flexibility index (Phi) is 4.83. The van der Waals surface area contributed by atoms with Crippen molar-refractivity contribution in [3.63, 3.8) is 0 Å². The number of likely N-dealkylation sites (N-methyl/N-ethyl adjacent to an activating group) is 1. The van der Waals surface area contributed by atoms with E-state index >= 15 is 0 Å². The summed E-state index contributed by atoms with van der Waals surface area (Å²) in [4.78, 5) is 14.4. The van der Waals surface area contributed by atoms with Gasteiger partial charge in [-0.05, 0) is 37.4 Å². The zero-order valence-corrected chi connectivity index (χ0v) is 13.7. The molecule has 0 radical (unpaired) electrons. The monoisotopic (exact) mass is 304 g/mol. The van der Waals surface area contributed by atoms with Crippen LogP contribution < -0.4 is 0 Å². The van der Waals surface area contributed by atoms with Crippen LogP contribution in [-0.4, -0.2) is 58.7 Å². The number of hydrogen-bond acceptors (Lipinski definition) is 4. The maximum absolute atomic E-state index is 4.73. The van der Waals surface area contributed by atoms with Gasteiger partial charge in [0.15, 0.2) is 0 Å². The van der Waals surface area contributed by atoms with Crippen molar-refractivity contribution in [1.82, 2.24) is 19.8 Å². The maximum Gasteiger partial charge on any atom is 0.121 e. The Morgan fingerprint density at radius 2 is 2.05 bits per heavy atom. The minimum absolute atomic E-state index is 0.931. The van der Waals surface area contributed by atoms with E-state index in [1.807, 2.05) is 11.8 Å². The third-order valence-electron chi connectivity index (χ3n) is 3.94. The van der Waals surface area contributed by atoms with E-state index in [1.54, 1.807) is 0 Å². The van der Waals surface area contributed by atoms with Crippen LogP contribution in [0.1, 0.15) is 19.2 Å². The van der Waals surface area contributed by atoms with E-state index in [2.05, 4.69) is 47.0 Å². The van der Waals surface area contributed by atoms with E-state index < -0.39 is 0 Å². The van der Waals surface area contributed by atoms with Gasteiger partial charge >= 0.3 is 0 Å². The van der Waals surface area contributed by atoms with Gasteiger partial charge < -0.3 is 9.88 Å². The molecule has 0 unspecified atom stereocenters. The number of nitrogens with zero attached hydrogens (tertiary/aromatic N) is 3. The van der Waals surface area contributed by atoms with Gasteiger partial charge in [0.1, 0.15) is 5.82 Å². The van der Waals surface area contributed by atoms with Crippen molar-refractivity contribution < 1.29 is 0 Å². The number of H-pyrrole nitrogens is 1. The highest BCUT2D eigenvalue weighted by atomic mass is 32.2. The number of aromatic nitrogens is 2. The molecule has 2 heterocycles. The first-order chi connectivity index (χ1) is 10.2. The molecule has 1 aromatic carbocycles. The van der Waals surface area contributed by atoms with Crippen LogP contribution in [0.4, 0.5) is 0 Å². The Balaban J connectivity index is 1.68. The summed E-state index contributed by atoms with van der Waals surface area (Å²) >= 11 is 1.92. The summed E-state index contributed by atoms with van der Waals surface area (Å²) in [6.07, 6.45) is 1.21. The molecule has 0 saturated carbocycles. The summed E-state index contributed by atoms with van der Waals surface area (Å²) in [5.41, 5.74) is 2.25. The van der Waals surface area contributed by atoms with E-state index in [-0.39, 0.29) is 0 Å². The van der Waals surface area contributed by atoms with Crippen LogP contribution in [0.2, 0.25) is 0 Å². The number of imidazole rings is 1. The molecule has 21 heavy (non-hydrogen) atoms. The maximum atomic E-state index is 4.73. The number of rotatable bonds is 5. The van der Waals surface area contributed by atoms with Gasteiger partial charge in [-0.1, -0.05) is 6.92 Å². The molecular weight excluding hydrogens is 280 g/mol. The molecule has 1 saturated heterocycles. The van der Waals surface area contributed by atoms with Gasteiger partial charge in [-0.25, -0.2) is 4.98 Å². The van der Waals surface area contributed by atoms with E-state index in [1.165, 1.54) is 22.6 Å². The third kappa shape index (κ3) is 3.78. The second-order valence-corrected chi connectivity index (χ2v) is 6.96. The highest BCUT2D eigenvalue weighted by Gasteiger charge is 2.15. The molecule has 3 rings (SSSR count). The molecule has 1 N–H and O–H groups in total. The van der Waals surface area contributed by atoms with Crippen molar-refractivity contribution in [2.24, 2.45) is 0 Å². The molecule has 1 aliphatic rings. The van der Waals surface area contributed by atoms with Crippen molar-refractivity contribution in [1.29, 1.82) is 0 Å². The summed E-state index contributed by atoms with van der Waals surface area (Å²) in [6, 6.07) is 6.55. The van der Waals surface area contributed by atoms with E-state index in [9.17, 15) is 0 Å². The van der Waals surface area contributed by atoms with Crippen LogP contribution in [0.3, 0.4) is 0 Å². The summed E-state index contributed by atoms with van der Waals surface area (Å²) < 4.78 is 0. The molecule has 1 aromatic heterocycles. The number of aromatic amines is 1. The number of benzene rings is 1. The lowest BCUT2D eigenvalue weighted by Gasteiger charge is -2.31. The first-order valence-electron chi connectivity index (χ1n) is 7.77. The van der Waals surface area contributed by atoms with Crippen LogP contribution in [-0.2, 0) is 6.54 Å². The predicted octanol–water partition coefficient (Wildman–Crippen LogP) is 2.81. The molecule has 0 amide bonds. The van der Waals surface area contributed by atoms with E-state index in [0.29, 0.717) is 0 Å². The molecule has 0 atom stereocenters. The Morgan fingerprint density at radius 1 is 1.24 bits per heavy atom. The Labute approximate surface area is 130 Å². The van der Waals surface area contributed by atoms with Gasteiger partial charge in [-0.3, -0.25) is 4.90 Å². The molecule has 5 heteroatoms. The molecule has 0 bridgehead atoms. The Bertz CT molecular complexity index is 587. The van der Waals surface area contributed by atoms with Crippen LogP contribution in [0.15, 0.2) is 23.1 Å². The van der Waals surface area contributed by atoms with Gasteiger partial charge in [0.05, 0.1) is 17.6 Å². The average Bonchev–Trinajstić information content (AvgIpc) is 2.89. The normalized spacial score (nSPS) is 17.6. The minimum Gasteiger partial charge on any atom is -0.341 e. The zero-order chi connectivity index (χ0) is 14.7. The fraction of sp³-hybridized carbons (Fsp3) is 0.562. The molecule has 114 valence electrons. The van der Waals surface area contributed by atoms with Crippen molar-refractivity contribution >= 4 is 22.8 Å². The largest absolute Gasteiger partial charge is 0.341 e. The molecule has 0 spiro atoms. The smallest absolute Gasteiger partial charge is 0.121 e. The summed E-state index contributed by atoms with van der Waals surface area (Å²) in [7, 11) is 2.19. The standard InChI is InChI=1S/C16H24N4S/c1-3-10-21-13-4-5-14-15(11-13)18-16(17-14)12-20-8-6-19(2)7-9-20/h4-5,11H,3,6-10,12H2,1-2H3,(H,17,18). The van der Waals surface area contributed by atoms with Crippen LogP contribution in [0.5, 0.6) is 0 Å². The second-order valence-electron chi connectivity index (χ2n) is 5.79. The van der Waals surface area contributed by atoms with Crippen molar-refractivity contribution in [3.8, 4) is 0 Å². The van der Waals surface area contributed by atoms with Gasteiger partial charge in [0.25, 0.3) is 0 Å². The lowest BCUT2D eigenvalue weighted by Crippen LogP contribution is -2.44. The van der Waals surface area contributed by atoms with E-state index in [0.717, 1.165) is 44.1 Å². The van der Waals surface area contributed by atoms with Gasteiger partial charge in [0.2, 0.25) is 0 Å². The second kappa shape index (κ2) is 6.81. The van der Waals surface area contributed by atoms with Gasteiger partial charge in [-0.2, -0.15) is 0 Å². The predicted molar refractivity (Wildman–Crippen MR) is 89.9 cm³/mol. The zero-order valence-electron chi connectivity index (χ0n) is 12.9. The fourth-order valence-electron chi connectivity index (χ4n) is 2.64. The highest BCUT2D eigenvalue weighted by molar-refractivity contribution is 7.99. The summed E-state index contributed by atoms with van der Waals surface area (Å²) in [5, 5.41) is 0. The molecule has 4 nitrogen and oxygen atoms in total. The summed E-state index contributed by atoms with van der Waals surface area (Å²) in [5.74, 6) is 2.26. The first-order valence-corrected chi connectivity index (χ1v) is 8.75. The molecular formula is C16H24N4S. The summed E-state index contributed by atoms with van der Waals surface area (Å²) in [6.45, 7) is 7.71. The average molecular weight is 304 g/mol. The highest BCUT2D eigenvalue weighted by Crippen LogP contribution is 2.23. The number of fused-ring (bicyclic) bond motifs is 1.